The highest BCUT2D eigenvalue weighted by Crippen LogP contribution is 2.31. The number of rotatable bonds is 6. The number of hydrogen-bond donors (Lipinski definition) is 3. The van der Waals surface area contributed by atoms with Crippen molar-refractivity contribution >= 4 is 23.3 Å². The molecule has 0 unspecified atom stereocenters. The topological polar surface area (TPSA) is 148 Å². The van der Waals surface area contributed by atoms with Crippen molar-refractivity contribution in [3.05, 3.63) is 41.5 Å². The SMILES string of the molecule is C[C@@H]1OC(=O)c2c(O)cc(OCCNCc3ncc[nH]3)cc2CCCC(=O)C(=O)C(=O)CC[C@@H]1C. The molecule has 1 aromatic heterocycles. The van der Waals surface area contributed by atoms with Gasteiger partial charge < -0.3 is 24.9 Å². The normalized spacial score (nSPS) is 20.2. The molecular weight excluding hydrogens is 454 g/mol. The van der Waals surface area contributed by atoms with Gasteiger partial charge in [-0.15, -0.1) is 0 Å². The number of fused-ring (bicyclic) bond motifs is 1. The number of ketones is 3. The maximum atomic E-state index is 12.9. The summed E-state index contributed by atoms with van der Waals surface area (Å²) in [6.45, 7) is 4.84. The van der Waals surface area contributed by atoms with Gasteiger partial charge in [0.2, 0.25) is 11.6 Å². The van der Waals surface area contributed by atoms with E-state index < -0.39 is 29.4 Å². The van der Waals surface area contributed by atoms with Crippen molar-refractivity contribution < 1.29 is 33.8 Å². The lowest BCUT2D eigenvalue weighted by molar-refractivity contribution is -0.144. The second-order valence-corrected chi connectivity index (χ2v) is 8.69. The highest BCUT2D eigenvalue weighted by atomic mass is 16.5. The third-order valence-electron chi connectivity index (χ3n) is 6.05. The van der Waals surface area contributed by atoms with Gasteiger partial charge in [0, 0.05) is 37.8 Å². The summed E-state index contributed by atoms with van der Waals surface area (Å²) in [6, 6.07) is 2.98. The Morgan fingerprint density at radius 1 is 1.14 bits per heavy atom. The number of hydrogen-bond acceptors (Lipinski definition) is 9. The van der Waals surface area contributed by atoms with Crippen molar-refractivity contribution in [2.24, 2.45) is 5.92 Å². The summed E-state index contributed by atoms with van der Waals surface area (Å²) in [7, 11) is 0. The Kier molecular flexibility index (Phi) is 9.13. The number of carbonyl (C=O) groups is 4. The lowest BCUT2D eigenvalue weighted by Crippen LogP contribution is -2.27. The number of ether oxygens (including phenoxy) is 2. The molecule has 3 N–H and O–H groups in total. The summed E-state index contributed by atoms with van der Waals surface area (Å²) in [4.78, 5) is 56.4. The first-order valence-electron chi connectivity index (χ1n) is 11.7. The van der Waals surface area contributed by atoms with Crippen LogP contribution in [0, 0.1) is 5.92 Å². The van der Waals surface area contributed by atoms with Gasteiger partial charge in [-0.2, -0.15) is 0 Å². The predicted molar refractivity (Wildman–Crippen MR) is 125 cm³/mol. The number of H-pyrrole nitrogens is 1. The van der Waals surface area contributed by atoms with Crippen molar-refractivity contribution in [3.8, 4) is 11.5 Å². The Balaban J connectivity index is 1.74. The van der Waals surface area contributed by atoms with Gasteiger partial charge in [0.05, 0.1) is 6.54 Å². The summed E-state index contributed by atoms with van der Waals surface area (Å²) < 4.78 is 11.3. The highest BCUT2D eigenvalue weighted by molar-refractivity contribution is 6.63. The van der Waals surface area contributed by atoms with Crippen LogP contribution >= 0.6 is 0 Å². The zero-order valence-corrected chi connectivity index (χ0v) is 20.0. The quantitative estimate of drug-likeness (QED) is 0.318. The summed E-state index contributed by atoms with van der Waals surface area (Å²) in [5.74, 6) is -2.48. The Labute approximate surface area is 203 Å². The number of carbonyl (C=O) groups excluding carboxylic acids is 4. The third-order valence-corrected chi connectivity index (χ3v) is 6.05. The Morgan fingerprint density at radius 3 is 2.66 bits per heavy atom. The smallest absolute Gasteiger partial charge is 0.342 e. The summed E-state index contributed by atoms with van der Waals surface area (Å²) in [5.41, 5.74) is 0.455. The van der Waals surface area contributed by atoms with Crippen LogP contribution in [0.2, 0.25) is 0 Å². The molecule has 10 heteroatoms. The zero-order chi connectivity index (χ0) is 25.4. The minimum atomic E-state index is -0.985. The van der Waals surface area contributed by atoms with Crippen LogP contribution in [-0.4, -0.2) is 57.6 Å². The van der Waals surface area contributed by atoms with Crippen molar-refractivity contribution in [3.63, 3.8) is 0 Å². The van der Waals surface area contributed by atoms with E-state index in [-0.39, 0.29) is 42.9 Å². The standard InChI is InChI=1S/C25H31N3O7/c1-15-6-7-20(30)24(32)19(29)5-3-4-17-12-18(13-21(31)23(17)25(33)35-16(15)2)34-11-10-26-14-22-27-8-9-28-22/h8-9,12-13,15-16,26,31H,3-7,10-11,14H2,1-2H3,(H,27,28)/t15-,16-/m0/s1. The molecule has 188 valence electrons. The lowest BCUT2D eigenvalue weighted by atomic mass is 9.94. The van der Waals surface area contributed by atoms with E-state index in [1.807, 2.05) is 0 Å². The second-order valence-electron chi connectivity index (χ2n) is 8.69. The van der Waals surface area contributed by atoms with Gasteiger partial charge in [-0.25, -0.2) is 9.78 Å². The average molecular weight is 486 g/mol. The van der Waals surface area contributed by atoms with Gasteiger partial charge >= 0.3 is 5.97 Å². The van der Waals surface area contributed by atoms with Gasteiger partial charge in [-0.1, -0.05) is 6.92 Å². The van der Waals surface area contributed by atoms with Crippen LogP contribution in [0.15, 0.2) is 24.5 Å². The molecule has 35 heavy (non-hydrogen) atoms. The molecule has 0 saturated carbocycles. The molecule has 10 nitrogen and oxygen atoms in total. The number of phenolic OH excluding ortho intramolecular Hbond substituents is 1. The summed E-state index contributed by atoms with van der Waals surface area (Å²) >= 11 is 0. The molecule has 0 fully saturated rings. The van der Waals surface area contributed by atoms with Crippen molar-refractivity contribution in [2.45, 2.75) is 58.6 Å². The van der Waals surface area contributed by atoms with E-state index in [1.165, 1.54) is 6.07 Å². The monoisotopic (exact) mass is 485 g/mol. The Hall–Kier alpha value is -3.53. The molecule has 0 amide bonds. The number of nitrogens with one attached hydrogen (secondary N) is 2. The molecule has 1 aromatic carbocycles. The number of Topliss-reactive ketones (excluding diaryl/α,β-unsaturated/α-hetero) is 3. The number of esters is 1. The van der Waals surface area contributed by atoms with E-state index >= 15 is 0 Å². The third kappa shape index (κ3) is 7.22. The predicted octanol–water partition coefficient (Wildman–Crippen LogP) is 2.29. The number of aromatic hydroxyl groups is 1. The van der Waals surface area contributed by atoms with Crippen LogP contribution in [0.4, 0.5) is 0 Å². The van der Waals surface area contributed by atoms with E-state index in [9.17, 15) is 24.3 Å². The number of nitrogens with zero attached hydrogens (tertiary/aromatic N) is 1. The molecule has 1 aliphatic rings. The first-order chi connectivity index (χ1) is 16.8. The van der Waals surface area contributed by atoms with Crippen molar-refractivity contribution in [1.29, 1.82) is 0 Å². The number of aromatic nitrogens is 2. The molecule has 2 heterocycles. The largest absolute Gasteiger partial charge is 0.507 e. The molecule has 0 radical (unpaired) electrons. The minimum absolute atomic E-state index is 0.0132. The maximum absolute atomic E-state index is 12.9. The van der Waals surface area contributed by atoms with E-state index in [0.29, 0.717) is 37.4 Å². The number of aryl methyl sites for hydroxylation is 1. The van der Waals surface area contributed by atoms with Crippen LogP contribution in [-0.2, 0) is 32.1 Å². The Bertz CT molecular complexity index is 1070. The molecule has 0 saturated heterocycles. The zero-order valence-electron chi connectivity index (χ0n) is 20.0. The number of phenols is 1. The van der Waals surface area contributed by atoms with E-state index in [2.05, 4.69) is 15.3 Å². The van der Waals surface area contributed by atoms with Crippen molar-refractivity contribution in [2.75, 3.05) is 13.2 Å². The Morgan fingerprint density at radius 2 is 1.91 bits per heavy atom. The van der Waals surface area contributed by atoms with Crippen LogP contribution in [0.5, 0.6) is 11.5 Å². The second kappa shape index (κ2) is 12.3. The highest BCUT2D eigenvalue weighted by Gasteiger charge is 2.27. The number of imidazole rings is 1. The van der Waals surface area contributed by atoms with Crippen LogP contribution in [0.3, 0.4) is 0 Å². The maximum Gasteiger partial charge on any atom is 0.342 e. The van der Waals surface area contributed by atoms with Gasteiger partial charge in [-0.3, -0.25) is 14.4 Å². The summed E-state index contributed by atoms with van der Waals surface area (Å²) in [6.07, 6.45) is 3.36. The van der Waals surface area contributed by atoms with Crippen LogP contribution in [0.25, 0.3) is 0 Å². The van der Waals surface area contributed by atoms with Gasteiger partial charge in [-0.05, 0) is 43.7 Å². The van der Waals surface area contributed by atoms with Crippen molar-refractivity contribution in [1.82, 2.24) is 15.3 Å². The first-order valence-corrected chi connectivity index (χ1v) is 11.7. The fourth-order valence-corrected chi connectivity index (χ4v) is 3.77. The molecule has 1 aliphatic heterocycles. The average Bonchev–Trinajstić information content (AvgIpc) is 3.34. The van der Waals surface area contributed by atoms with Crippen LogP contribution in [0.1, 0.15) is 61.3 Å². The van der Waals surface area contributed by atoms with E-state index in [4.69, 9.17) is 9.47 Å². The van der Waals surface area contributed by atoms with E-state index in [1.54, 1.807) is 32.3 Å². The molecule has 0 aliphatic carbocycles. The molecular formula is C25H31N3O7. The molecule has 2 aromatic rings. The first kappa shape index (κ1) is 26.1. The molecule has 3 rings (SSSR count). The summed E-state index contributed by atoms with van der Waals surface area (Å²) in [5, 5.41) is 13.8. The molecule has 0 spiro atoms. The van der Waals surface area contributed by atoms with Gasteiger partial charge in [0.15, 0.2) is 0 Å². The van der Waals surface area contributed by atoms with Gasteiger partial charge in [0.25, 0.3) is 5.78 Å². The lowest BCUT2D eigenvalue weighted by Gasteiger charge is -2.22. The van der Waals surface area contributed by atoms with Crippen LogP contribution < -0.4 is 10.1 Å². The molecule has 0 bridgehead atoms. The van der Waals surface area contributed by atoms with Gasteiger partial charge in [0.1, 0.15) is 35.6 Å². The fraction of sp³-hybridized carbons (Fsp3) is 0.480. The minimum Gasteiger partial charge on any atom is -0.507 e. The number of cyclic esters (lactones) is 1. The van der Waals surface area contributed by atoms with E-state index in [0.717, 1.165) is 5.82 Å². The number of benzene rings is 1. The molecule has 2 atom stereocenters. The fourth-order valence-electron chi connectivity index (χ4n) is 3.77. The number of aromatic amines is 1.